The summed E-state index contributed by atoms with van der Waals surface area (Å²) < 4.78 is 51.5. The van der Waals surface area contributed by atoms with E-state index in [-0.39, 0.29) is 13.1 Å². The molecule has 0 spiro atoms. The summed E-state index contributed by atoms with van der Waals surface area (Å²) in [4.78, 5) is 13.3. The molecule has 0 fully saturated rings. The summed E-state index contributed by atoms with van der Waals surface area (Å²) in [6, 6.07) is 1.69. The van der Waals surface area contributed by atoms with Crippen LogP contribution in [0.3, 0.4) is 0 Å². The third-order valence-corrected chi connectivity index (χ3v) is 2.77. The molecule has 0 heterocycles. The third-order valence-electron chi connectivity index (χ3n) is 2.77. The van der Waals surface area contributed by atoms with Gasteiger partial charge in [-0.1, -0.05) is 0 Å². The molecule has 3 nitrogen and oxygen atoms in total. The molecule has 0 radical (unpaired) electrons. The molecule has 1 N–H and O–H groups in total. The second kappa shape index (κ2) is 6.01. The number of alkyl halides is 3. The van der Waals surface area contributed by atoms with E-state index in [9.17, 15) is 27.5 Å². The monoisotopic (exact) mass is 307 g/mol. The number of benzene rings is 1. The number of rotatable bonds is 4. The Labute approximate surface area is 120 Å². The Balaban J connectivity index is 3.16. The van der Waals surface area contributed by atoms with E-state index in [0.717, 1.165) is 4.90 Å². The Kier molecular flexibility index (Phi) is 4.99. The first kappa shape index (κ1) is 17.4. The molecule has 0 aliphatic rings. The van der Waals surface area contributed by atoms with Crippen LogP contribution < -0.4 is 0 Å². The SMILES string of the molecule is CCN(CC(C)(C)O)C(=O)c1cc(C(F)(F)F)ccc1F. The van der Waals surface area contributed by atoms with E-state index in [1.54, 1.807) is 6.92 Å². The highest BCUT2D eigenvalue weighted by Gasteiger charge is 2.33. The molecule has 0 aliphatic heterocycles. The average molecular weight is 307 g/mol. The lowest BCUT2D eigenvalue weighted by Crippen LogP contribution is -2.42. The smallest absolute Gasteiger partial charge is 0.389 e. The molecule has 1 rings (SSSR count). The van der Waals surface area contributed by atoms with Gasteiger partial charge in [0.1, 0.15) is 5.82 Å². The molecule has 0 atom stereocenters. The van der Waals surface area contributed by atoms with Crippen molar-refractivity contribution in [1.82, 2.24) is 4.90 Å². The van der Waals surface area contributed by atoms with E-state index in [1.165, 1.54) is 13.8 Å². The molecule has 1 aromatic carbocycles. The van der Waals surface area contributed by atoms with Gasteiger partial charge >= 0.3 is 6.18 Å². The Morgan fingerprint density at radius 3 is 2.29 bits per heavy atom. The van der Waals surface area contributed by atoms with Crippen LogP contribution in [0.5, 0.6) is 0 Å². The third kappa shape index (κ3) is 4.70. The number of amides is 1. The lowest BCUT2D eigenvalue weighted by Gasteiger charge is -2.28. The van der Waals surface area contributed by atoms with Crippen LogP contribution in [-0.4, -0.2) is 34.6 Å². The fraction of sp³-hybridized carbons (Fsp3) is 0.500. The average Bonchev–Trinajstić information content (AvgIpc) is 2.33. The van der Waals surface area contributed by atoms with Crippen molar-refractivity contribution >= 4 is 5.91 Å². The first-order valence-corrected chi connectivity index (χ1v) is 6.34. The van der Waals surface area contributed by atoms with Gasteiger partial charge in [-0.15, -0.1) is 0 Å². The summed E-state index contributed by atoms with van der Waals surface area (Å²) in [6.45, 7) is 4.52. The zero-order chi connectivity index (χ0) is 16.4. The predicted octanol–water partition coefficient (Wildman–Crippen LogP) is 3.08. The molecule has 0 aromatic heterocycles. The Morgan fingerprint density at radius 1 is 1.29 bits per heavy atom. The summed E-state index contributed by atoms with van der Waals surface area (Å²) in [5.74, 6) is -1.91. The van der Waals surface area contributed by atoms with E-state index in [2.05, 4.69) is 0 Å². The van der Waals surface area contributed by atoms with Gasteiger partial charge in [0.25, 0.3) is 5.91 Å². The van der Waals surface area contributed by atoms with Crippen molar-refractivity contribution in [3.05, 3.63) is 35.1 Å². The molecule has 21 heavy (non-hydrogen) atoms. The number of hydrogen-bond donors (Lipinski definition) is 1. The van der Waals surface area contributed by atoms with Gasteiger partial charge in [0.05, 0.1) is 16.7 Å². The van der Waals surface area contributed by atoms with Crippen molar-refractivity contribution in [3.8, 4) is 0 Å². The molecule has 0 bridgehead atoms. The number of carbonyl (C=O) groups is 1. The number of aliphatic hydroxyl groups is 1. The van der Waals surface area contributed by atoms with Crippen LogP contribution in [0.15, 0.2) is 18.2 Å². The van der Waals surface area contributed by atoms with E-state index in [1.807, 2.05) is 0 Å². The zero-order valence-electron chi connectivity index (χ0n) is 12.0. The zero-order valence-corrected chi connectivity index (χ0v) is 12.0. The van der Waals surface area contributed by atoms with Crippen LogP contribution in [0.25, 0.3) is 0 Å². The van der Waals surface area contributed by atoms with Gasteiger partial charge in [-0.05, 0) is 39.0 Å². The van der Waals surface area contributed by atoms with Crippen molar-refractivity contribution in [2.45, 2.75) is 32.5 Å². The Hall–Kier alpha value is -1.63. The van der Waals surface area contributed by atoms with Crippen molar-refractivity contribution < 1.29 is 27.5 Å². The topological polar surface area (TPSA) is 40.5 Å². The number of halogens is 4. The second-order valence-corrected chi connectivity index (χ2v) is 5.32. The maximum atomic E-state index is 13.7. The van der Waals surface area contributed by atoms with Crippen LogP contribution in [-0.2, 0) is 6.18 Å². The maximum Gasteiger partial charge on any atom is 0.416 e. The molecular formula is C14H17F4NO2. The van der Waals surface area contributed by atoms with Crippen LogP contribution in [0.2, 0.25) is 0 Å². The van der Waals surface area contributed by atoms with Crippen molar-refractivity contribution in [2.75, 3.05) is 13.1 Å². The normalized spacial score (nSPS) is 12.4. The van der Waals surface area contributed by atoms with Crippen molar-refractivity contribution in [2.24, 2.45) is 0 Å². The Morgan fingerprint density at radius 2 is 1.86 bits per heavy atom. The number of likely N-dealkylation sites (N-methyl/N-ethyl adjacent to an activating group) is 1. The first-order valence-electron chi connectivity index (χ1n) is 6.34. The van der Waals surface area contributed by atoms with Gasteiger partial charge in [-0.2, -0.15) is 13.2 Å². The van der Waals surface area contributed by atoms with Gasteiger partial charge in [-0.25, -0.2) is 4.39 Å². The van der Waals surface area contributed by atoms with Crippen LogP contribution in [0, 0.1) is 5.82 Å². The first-order chi connectivity index (χ1) is 9.45. The molecule has 7 heteroatoms. The lowest BCUT2D eigenvalue weighted by molar-refractivity contribution is -0.137. The summed E-state index contributed by atoms with van der Waals surface area (Å²) in [7, 11) is 0. The highest BCUT2D eigenvalue weighted by atomic mass is 19.4. The second-order valence-electron chi connectivity index (χ2n) is 5.32. The fourth-order valence-electron chi connectivity index (χ4n) is 1.83. The van der Waals surface area contributed by atoms with E-state index in [0.29, 0.717) is 18.2 Å². The van der Waals surface area contributed by atoms with Gasteiger partial charge in [-0.3, -0.25) is 4.79 Å². The lowest BCUT2D eigenvalue weighted by atomic mass is 10.1. The number of nitrogens with zero attached hydrogens (tertiary/aromatic N) is 1. The quantitative estimate of drug-likeness (QED) is 0.869. The summed E-state index contributed by atoms with van der Waals surface area (Å²) in [6.07, 6.45) is -4.66. The highest BCUT2D eigenvalue weighted by Crippen LogP contribution is 2.30. The number of carbonyl (C=O) groups excluding carboxylic acids is 1. The molecular weight excluding hydrogens is 290 g/mol. The van der Waals surface area contributed by atoms with E-state index in [4.69, 9.17) is 0 Å². The van der Waals surface area contributed by atoms with E-state index < -0.39 is 34.6 Å². The molecule has 1 aromatic rings. The molecule has 118 valence electrons. The molecule has 0 unspecified atom stereocenters. The van der Waals surface area contributed by atoms with Crippen LogP contribution in [0.4, 0.5) is 17.6 Å². The molecule has 0 saturated carbocycles. The maximum absolute atomic E-state index is 13.7. The van der Waals surface area contributed by atoms with E-state index >= 15 is 0 Å². The fourth-order valence-corrected chi connectivity index (χ4v) is 1.83. The van der Waals surface area contributed by atoms with Gasteiger partial charge in [0.2, 0.25) is 0 Å². The van der Waals surface area contributed by atoms with Crippen LogP contribution in [0.1, 0.15) is 36.7 Å². The minimum atomic E-state index is -4.66. The largest absolute Gasteiger partial charge is 0.416 e. The van der Waals surface area contributed by atoms with Gasteiger partial charge in [0, 0.05) is 13.1 Å². The standard InChI is InChI=1S/C14H17F4NO2/c1-4-19(8-13(2,3)21)12(20)10-7-9(14(16,17)18)5-6-11(10)15/h5-7,21H,4,8H2,1-3H3. The summed E-state index contributed by atoms with van der Waals surface area (Å²) in [5, 5.41) is 9.70. The van der Waals surface area contributed by atoms with Gasteiger partial charge < -0.3 is 10.0 Å². The highest BCUT2D eigenvalue weighted by molar-refractivity contribution is 5.94. The minimum Gasteiger partial charge on any atom is -0.389 e. The summed E-state index contributed by atoms with van der Waals surface area (Å²) in [5.41, 5.74) is -2.98. The van der Waals surface area contributed by atoms with Gasteiger partial charge in [0.15, 0.2) is 0 Å². The predicted molar refractivity (Wildman–Crippen MR) is 69.3 cm³/mol. The van der Waals surface area contributed by atoms with Crippen molar-refractivity contribution in [1.29, 1.82) is 0 Å². The van der Waals surface area contributed by atoms with Crippen molar-refractivity contribution in [3.63, 3.8) is 0 Å². The van der Waals surface area contributed by atoms with Crippen LogP contribution >= 0.6 is 0 Å². The summed E-state index contributed by atoms with van der Waals surface area (Å²) >= 11 is 0. The minimum absolute atomic E-state index is 0.113. The Bertz CT molecular complexity index is 521. The number of hydrogen-bond acceptors (Lipinski definition) is 2. The molecule has 0 saturated heterocycles. The molecule has 1 amide bonds. The molecule has 0 aliphatic carbocycles.